The maximum Gasteiger partial charge on any atom is 0.220 e. The summed E-state index contributed by atoms with van der Waals surface area (Å²) in [6.07, 6.45) is 7.45. The van der Waals surface area contributed by atoms with Crippen molar-refractivity contribution >= 4 is 11.7 Å². The van der Waals surface area contributed by atoms with Crippen LogP contribution in [0, 0.1) is 0 Å². The molecule has 2 rings (SSSR count). The Kier molecular flexibility index (Phi) is 5.78. The van der Waals surface area contributed by atoms with Crippen molar-refractivity contribution in [3.63, 3.8) is 0 Å². The van der Waals surface area contributed by atoms with Crippen molar-refractivity contribution in [2.24, 2.45) is 0 Å². The van der Waals surface area contributed by atoms with Gasteiger partial charge < -0.3 is 5.32 Å². The first-order valence-electron chi connectivity index (χ1n) is 7.62. The van der Waals surface area contributed by atoms with Gasteiger partial charge in [-0.15, -0.1) is 0 Å². The van der Waals surface area contributed by atoms with Crippen LogP contribution in [0.3, 0.4) is 0 Å². The fourth-order valence-corrected chi connectivity index (χ4v) is 2.44. The van der Waals surface area contributed by atoms with Gasteiger partial charge in [-0.3, -0.25) is 9.59 Å². The van der Waals surface area contributed by atoms with E-state index in [1.165, 1.54) is 12.0 Å². The molecule has 0 saturated heterocycles. The van der Waals surface area contributed by atoms with Crippen LogP contribution in [0.25, 0.3) is 0 Å². The number of aryl methyl sites for hydroxylation is 1. The van der Waals surface area contributed by atoms with Crippen molar-refractivity contribution in [2.45, 2.75) is 57.4 Å². The zero-order chi connectivity index (χ0) is 14.2. The van der Waals surface area contributed by atoms with Gasteiger partial charge >= 0.3 is 0 Å². The van der Waals surface area contributed by atoms with Crippen molar-refractivity contribution < 1.29 is 9.59 Å². The van der Waals surface area contributed by atoms with Crippen LogP contribution in [0.5, 0.6) is 0 Å². The minimum Gasteiger partial charge on any atom is -0.346 e. The predicted molar refractivity (Wildman–Crippen MR) is 79.4 cm³/mol. The predicted octanol–water partition coefficient (Wildman–Crippen LogP) is 3.03. The number of Topliss-reactive ketones (excluding diaryl/α,β-unsaturated/α-hetero) is 1. The van der Waals surface area contributed by atoms with E-state index in [4.69, 9.17) is 0 Å². The molecule has 0 heterocycles. The van der Waals surface area contributed by atoms with Gasteiger partial charge in [-0.25, -0.2) is 0 Å². The number of unbranched alkanes of at least 4 members (excludes halogenated alkanes) is 3. The van der Waals surface area contributed by atoms with Crippen LogP contribution in [-0.4, -0.2) is 17.7 Å². The molecule has 3 nitrogen and oxygen atoms in total. The van der Waals surface area contributed by atoms with Gasteiger partial charge in [-0.2, -0.15) is 0 Å². The first kappa shape index (κ1) is 14.8. The fourth-order valence-electron chi connectivity index (χ4n) is 2.44. The molecule has 1 aliphatic carbocycles. The monoisotopic (exact) mass is 273 g/mol. The highest BCUT2D eigenvalue weighted by Gasteiger charge is 2.28. The van der Waals surface area contributed by atoms with Gasteiger partial charge in [-0.1, -0.05) is 43.2 Å². The van der Waals surface area contributed by atoms with Crippen LogP contribution in [-0.2, 0) is 16.0 Å². The van der Waals surface area contributed by atoms with Crippen LogP contribution in [0.4, 0.5) is 0 Å². The third-order valence-electron chi connectivity index (χ3n) is 3.87. The summed E-state index contributed by atoms with van der Waals surface area (Å²) < 4.78 is 0. The van der Waals surface area contributed by atoms with Gasteiger partial charge in [0.05, 0.1) is 6.04 Å². The fraction of sp³-hybridized carbons (Fsp3) is 0.529. The average Bonchev–Trinajstić information content (AvgIpc) is 2.48. The van der Waals surface area contributed by atoms with Crippen LogP contribution < -0.4 is 5.32 Å². The van der Waals surface area contributed by atoms with Crippen LogP contribution in [0.2, 0.25) is 0 Å². The Hall–Kier alpha value is -1.64. The molecule has 108 valence electrons. The summed E-state index contributed by atoms with van der Waals surface area (Å²) in [5.41, 5.74) is 1.38. The number of hydrogen-bond acceptors (Lipinski definition) is 2. The first-order chi connectivity index (χ1) is 9.75. The lowest BCUT2D eigenvalue weighted by Gasteiger charge is -2.24. The second-order valence-electron chi connectivity index (χ2n) is 5.52. The summed E-state index contributed by atoms with van der Waals surface area (Å²) in [6, 6.07) is 10.3. The summed E-state index contributed by atoms with van der Waals surface area (Å²) in [6.45, 7) is 0. The number of benzene rings is 1. The molecule has 0 bridgehead atoms. The quantitative estimate of drug-likeness (QED) is 0.740. The molecule has 0 aliphatic heterocycles. The van der Waals surface area contributed by atoms with E-state index in [0.717, 1.165) is 32.1 Å². The second-order valence-corrected chi connectivity index (χ2v) is 5.52. The van der Waals surface area contributed by atoms with E-state index in [1.807, 2.05) is 6.07 Å². The molecule has 0 aromatic heterocycles. The van der Waals surface area contributed by atoms with Crippen molar-refractivity contribution in [3.05, 3.63) is 35.9 Å². The van der Waals surface area contributed by atoms with E-state index in [1.54, 1.807) is 0 Å². The van der Waals surface area contributed by atoms with Crippen molar-refractivity contribution in [3.8, 4) is 0 Å². The Morgan fingerprint density at radius 2 is 1.85 bits per heavy atom. The van der Waals surface area contributed by atoms with Crippen molar-refractivity contribution in [1.29, 1.82) is 0 Å². The average molecular weight is 273 g/mol. The lowest BCUT2D eigenvalue weighted by Crippen LogP contribution is -2.47. The number of carbonyl (C=O) groups is 2. The van der Waals surface area contributed by atoms with E-state index in [9.17, 15) is 9.59 Å². The van der Waals surface area contributed by atoms with Crippen LogP contribution >= 0.6 is 0 Å². The highest BCUT2D eigenvalue weighted by atomic mass is 16.2. The molecule has 3 heteroatoms. The highest BCUT2D eigenvalue weighted by Crippen LogP contribution is 2.14. The van der Waals surface area contributed by atoms with Gasteiger partial charge in [0.1, 0.15) is 0 Å². The largest absolute Gasteiger partial charge is 0.346 e. The summed E-state index contributed by atoms with van der Waals surface area (Å²) in [4.78, 5) is 22.7. The Morgan fingerprint density at radius 1 is 1.10 bits per heavy atom. The molecule has 1 saturated carbocycles. The number of ketones is 1. The van der Waals surface area contributed by atoms with E-state index in [0.29, 0.717) is 12.8 Å². The van der Waals surface area contributed by atoms with Crippen molar-refractivity contribution in [1.82, 2.24) is 5.32 Å². The van der Waals surface area contributed by atoms with Gasteiger partial charge in [0.25, 0.3) is 0 Å². The van der Waals surface area contributed by atoms with Crippen LogP contribution in [0.15, 0.2) is 30.3 Å². The third-order valence-corrected chi connectivity index (χ3v) is 3.87. The number of nitrogens with one attached hydrogen (secondary N) is 1. The van der Waals surface area contributed by atoms with E-state index in [-0.39, 0.29) is 17.7 Å². The van der Waals surface area contributed by atoms with E-state index in [2.05, 4.69) is 29.6 Å². The summed E-state index contributed by atoms with van der Waals surface area (Å²) >= 11 is 0. The first-order valence-corrected chi connectivity index (χ1v) is 7.62. The van der Waals surface area contributed by atoms with E-state index >= 15 is 0 Å². The highest BCUT2D eigenvalue weighted by molar-refractivity contribution is 5.93. The molecule has 1 atom stereocenters. The normalized spacial score (nSPS) is 17.6. The molecule has 0 spiro atoms. The number of hydrogen-bond donors (Lipinski definition) is 1. The third kappa shape index (κ3) is 4.80. The lowest BCUT2D eigenvalue weighted by atomic mass is 9.91. The minimum atomic E-state index is -0.180. The molecule has 1 aromatic carbocycles. The molecule has 1 aromatic rings. The standard InChI is InChI=1S/C17H23NO2/c19-16-13-12-15(16)18-17(20)11-7-2-1-4-8-14-9-5-3-6-10-14/h3,5-6,9-10,15H,1-2,4,7-8,11-13H2,(H,18,20)/t15-/m0/s1. The van der Waals surface area contributed by atoms with Gasteiger partial charge in [0.2, 0.25) is 5.91 Å². The lowest BCUT2D eigenvalue weighted by molar-refractivity contribution is -0.132. The van der Waals surface area contributed by atoms with E-state index < -0.39 is 0 Å². The number of rotatable bonds is 8. The molecule has 1 N–H and O–H groups in total. The summed E-state index contributed by atoms with van der Waals surface area (Å²) in [7, 11) is 0. The Labute approximate surface area is 120 Å². The van der Waals surface area contributed by atoms with Gasteiger partial charge in [0, 0.05) is 12.8 Å². The zero-order valence-corrected chi connectivity index (χ0v) is 11.9. The Bertz CT molecular complexity index is 442. The molecule has 1 aliphatic rings. The maximum atomic E-state index is 11.6. The van der Waals surface area contributed by atoms with Crippen molar-refractivity contribution in [2.75, 3.05) is 0 Å². The number of carbonyl (C=O) groups excluding carboxylic acids is 2. The summed E-state index contributed by atoms with van der Waals surface area (Å²) in [5, 5.41) is 2.79. The molecular weight excluding hydrogens is 250 g/mol. The van der Waals surface area contributed by atoms with Gasteiger partial charge in [-0.05, 0) is 31.2 Å². The molecule has 1 amide bonds. The maximum absolute atomic E-state index is 11.6. The second kappa shape index (κ2) is 7.83. The molecule has 1 fully saturated rings. The molecule has 0 unspecified atom stereocenters. The van der Waals surface area contributed by atoms with Gasteiger partial charge in [0.15, 0.2) is 5.78 Å². The topological polar surface area (TPSA) is 46.2 Å². The Balaban J connectivity index is 1.47. The Morgan fingerprint density at radius 3 is 2.50 bits per heavy atom. The molecule has 0 radical (unpaired) electrons. The minimum absolute atomic E-state index is 0.0334. The smallest absolute Gasteiger partial charge is 0.220 e. The molecule has 20 heavy (non-hydrogen) atoms. The summed E-state index contributed by atoms with van der Waals surface area (Å²) in [5.74, 6) is 0.215. The number of amides is 1. The zero-order valence-electron chi connectivity index (χ0n) is 11.9. The SMILES string of the molecule is O=C(CCCCCCc1ccccc1)N[C@H]1CCC1=O. The molecular formula is C17H23NO2. The van der Waals surface area contributed by atoms with Crippen LogP contribution in [0.1, 0.15) is 50.5 Å².